The number of rotatable bonds is 4. The Kier molecular flexibility index (Phi) is 5.16. The molecule has 4 rings (SSSR count). The number of benzene rings is 2. The lowest BCUT2D eigenvalue weighted by molar-refractivity contribution is 0.100. The van der Waals surface area contributed by atoms with E-state index in [1.54, 1.807) is 31.4 Å². The van der Waals surface area contributed by atoms with Gasteiger partial charge in [-0.15, -0.1) is 0 Å². The van der Waals surface area contributed by atoms with E-state index in [1.807, 2.05) is 35.2 Å². The van der Waals surface area contributed by atoms with Crippen molar-refractivity contribution in [3.8, 4) is 5.75 Å². The largest absolute Gasteiger partial charge is 0.497 e. The first-order valence-electron chi connectivity index (χ1n) is 8.90. The van der Waals surface area contributed by atoms with Gasteiger partial charge in [0.15, 0.2) is 15.0 Å². The molecule has 0 spiro atoms. The molecule has 2 atom stereocenters. The monoisotopic (exact) mass is 416 g/mol. The number of hydrogen-bond donors (Lipinski definition) is 0. The minimum Gasteiger partial charge on any atom is -0.497 e. The van der Waals surface area contributed by atoms with Gasteiger partial charge in [0, 0.05) is 17.4 Å². The van der Waals surface area contributed by atoms with Crippen molar-refractivity contribution in [1.29, 1.82) is 0 Å². The molecular formula is C20H20N2O4S2. The van der Waals surface area contributed by atoms with Crippen LogP contribution >= 0.6 is 11.8 Å². The first kappa shape index (κ1) is 19.0. The molecule has 0 bridgehead atoms. The van der Waals surface area contributed by atoms with Crippen molar-refractivity contribution in [2.45, 2.75) is 17.8 Å². The Morgan fingerprint density at radius 3 is 2.54 bits per heavy atom. The quantitative estimate of drug-likeness (QED) is 0.763. The van der Waals surface area contributed by atoms with E-state index in [9.17, 15) is 13.2 Å². The van der Waals surface area contributed by atoms with E-state index in [4.69, 9.17) is 4.74 Å². The van der Waals surface area contributed by atoms with Crippen LogP contribution < -0.4 is 4.74 Å². The first-order chi connectivity index (χ1) is 13.4. The highest BCUT2D eigenvalue weighted by Gasteiger charge is 2.48. The van der Waals surface area contributed by atoms with Gasteiger partial charge in [0.2, 0.25) is 0 Å². The third kappa shape index (κ3) is 3.93. The molecular weight excluding hydrogens is 396 g/mol. The van der Waals surface area contributed by atoms with Gasteiger partial charge in [0.1, 0.15) is 5.75 Å². The normalized spacial score (nSPS) is 24.3. The summed E-state index contributed by atoms with van der Waals surface area (Å²) in [5.41, 5.74) is 1.52. The molecule has 0 radical (unpaired) electrons. The maximum absolute atomic E-state index is 12.6. The van der Waals surface area contributed by atoms with Crippen LogP contribution in [0.15, 0.2) is 59.6 Å². The lowest BCUT2D eigenvalue weighted by atomic mass is 10.1. The number of hydrogen-bond acceptors (Lipinski definition) is 5. The lowest BCUT2D eigenvalue weighted by Crippen LogP contribution is -2.37. The van der Waals surface area contributed by atoms with Crippen LogP contribution in [0.3, 0.4) is 0 Å². The maximum Gasteiger partial charge on any atom is 0.279 e. The molecule has 1 amide bonds. The number of aliphatic imine (C=N–C) groups is 1. The van der Waals surface area contributed by atoms with Gasteiger partial charge in [0.05, 0.1) is 24.7 Å². The zero-order chi connectivity index (χ0) is 19.7. The average molecular weight is 417 g/mol. The number of amidine groups is 1. The van der Waals surface area contributed by atoms with Gasteiger partial charge < -0.3 is 9.64 Å². The molecule has 6 nitrogen and oxygen atoms in total. The highest BCUT2D eigenvalue weighted by Crippen LogP contribution is 2.39. The predicted octanol–water partition coefficient (Wildman–Crippen LogP) is 2.61. The summed E-state index contributed by atoms with van der Waals surface area (Å²) in [5, 5.41) is 0.500. The second-order valence-corrected chi connectivity index (χ2v) is 10.2. The standard InChI is InChI=1S/C20H20N2O4S2/c1-26-16-9-7-14(8-10-16)11-22-17-12-28(24,25)13-18(17)27-20(22)21-19(23)15-5-3-2-4-6-15/h2-10,17-18H,11-13H2,1H3/t17-,18+/m0/s1. The number of fused-ring (bicyclic) bond motifs is 1. The van der Waals surface area contributed by atoms with Gasteiger partial charge in [-0.1, -0.05) is 42.1 Å². The average Bonchev–Trinajstić information content (AvgIpc) is 3.15. The molecule has 0 unspecified atom stereocenters. The molecule has 2 aliphatic heterocycles. The summed E-state index contributed by atoms with van der Waals surface area (Å²) >= 11 is 1.39. The molecule has 2 aliphatic rings. The summed E-state index contributed by atoms with van der Waals surface area (Å²) < 4.78 is 29.4. The fourth-order valence-electron chi connectivity index (χ4n) is 3.48. The number of nitrogens with zero attached hydrogens (tertiary/aromatic N) is 2. The summed E-state index contributed by atoms with van der Waals surface area (Å²) in [5.74, 6) is 0.666. The van der Waals surface area contributed by atoms with E-state index in [-0.39, 0.29) is 28.7 Å². The van der Waals surface area contributed by atoms with Crippen molar-refractivity contribution in [3.05, 3.63) is 65.7 Å². The summed E-state index contributed by atoms with van der Waals surface area (Å²) in [6.07, 6.45) is 0. The number of amides is 1. The second-order valence-electron chi connectivity index (χ2n) is 6.84. The van der Waals surface area contributed by atoms with E-state index in [0.717, 1.165) is 11.3 Å². The van der Waals surface area contributed by atoms with Crippen LogP contribution in [0.5, 0.6) is 5.75 Å². The van der Waals surface area contributed by atoms with Crippen molar-refractivity contribution < 1.29 is 17.9 Å². The topological polar surface area (TPSA) is 76.0 Å². The molecule has 0 aromatic heterocycles. The smallest absolute Gasteiger partial charge is 0.279 e. The van der Waals surface area contributed by atoms with E-state index < -0.39 is 9.84 Å². The molecule has 8 heteroatoms. The van der Waals surface area contributed by atoms with Crippen molar-refractivity contribution in [3.63, 3.8) is 0 Å². The molecule has 2 aromatic carbocycles. The SMILES string of the molecule is COc1ccc(CN2C(=NC(=O)c3ccccc3)S[C@@H]3CS(=O)(=O)C[C@@H]32)cc1. The Morgan fingerprint density at radius 1 is 1.14 bits per heavy atom. The lowest BCUT2D eigenvalue weighted by Gasteiger charge is -2.24. The molecule has 0 aliphatic carbocycles. The molecule has 2 heterocycles. The van der Waals surface area contributed by atoms with Gasteiger partial charge >= 0.3 is 0 Å². The molecule has 0 N–H and O–H groups in total. The molecule has 2 aromatic rings. The van der Waals surface area contributed by atoms with E-state index in [0.29, 0.717) is 17.3 Å². The Hall–Kier alpha value is -2.32. The zero-order valence-corrected chi connectivity index (χ0v) is 16.9. The maximum atomic E-state index is 12.6. The predicted molar refractivity (Wildman–Crippen MR) is 111 cm³/mol. The van der Waals surface area contributed by atoms with Crippen LogP contribution in [0.1, 0.15) is 15.9 Å². The fourth-order valence-corrected chi connectivity index (χ4v) is 7.43. The van der Waals surface area contributed by atoms with Crippen molar-refractivity contribution >= 4 is 32.7 Å². The minimum atomic E-state index is -3.07. The first-order valence-corrected chi connectivity index (χ1v) is 11.6. The van der Waals surface area contributed by atoms with Gasteiger partial charge in [-0.2, -0.15) is 4.99 Å². The van der Waals surface area contributed by atoms with E-state index in [1.165, 1.54) is 11.8 Å². The molecule has 28 heavy (non-hydrogen) atoms. The molecule has 0 saturated carbocycles. The minimum absolute atomic E-state index is 0.0921. The van der Waals surface area contributed by atoms with Gasteiger partial charge in [-0.25, -0.2) is 8.42 Å². The molecule has 146 valence electrons. The fraction of sp³-hybridized carbons (Fsp3) is 0.300. The van der Waals surface area contributed by atoms with Gasteiger partial charge in [-0.05, 0) is 29.8 Å². The van der Waals surface area contributed by atoms with E-state index >= 15 is 0 Å². The summed E-state index contributed by atoms with van der Waals surface area (Å²) in [6, 6.07) is 16.3. The zero-order valence-electron chi connectivity index (χ0n) is 15.3. The van der Waals surface area contributed by atoms with Crippen LogP contribution in [-0.2, 0) is 16.4 Å². The van der Waals surface area contributed by atoms with Gasteiger partial charge in [-0.3, -0.25) is 4.79 Å². The van der Waals surface area contributed by atoms with Crippen molar-refractivity contribution in [1.82, 2.24) is 4.90 Å². The second kappa shape index (κ2) is 7.60. The number of methoxy groups -OCH3 is 1. The van der Waals surface area contributed by atoms with Crippen molar-refractivity contribution in [2.75, 3.05) is 18.6 Å². The Bertz CT molecular complexity index is 1000. The van der Waals surface area contributed by atoms with Gasteiger partial charge in [0.25, 0.3) is 5.91 Å². The van der Waals surface area contributed by atoms with Crippen LogP contribution in [-0.4, -0.2) is 54.3 Å². The summed E-state index contributed by atoms with van der Waals surface area (Å²) in [4.78, 5) is 18.9. The summed E-state index contributed by atoms with van der Waals surface area (Å²) in [7, 11) is -1.46. The van der Waals surface area contributed by atoms with Crippen LogP contribution in [0.2, 0.25) is 0 Å². The number of sulfone groups is 1. The third-order valence-electron chi connectivity index (χ3n) is 4.90. The Balaban J connectivity index is 1.62. The van der Waals surface area contributed by atoms with Crippen LogP contribution in [0, 0.1) is 0 Å². The van der Waals surface area contributed by atoms with Crippen LogP contribution in [0.4, 0.5) is 0 Å². The number of carbonyl (C=O) groups excluding carboxylic acids is 1. The highest BCUT2D eigenvalue weighted by molar-refractivity contribution is 8.15. The number of thioether (sulfide) groups is 1. The summed E-state index contributed by atoms with van der Waals surface area (Å²) in [6.45, 7) is 0.495. The third-order valence-corrected chi connectivity index (χ3v) is 8.15. The molecule has 2 saturated heterocycles. The van der Waals surface area contributed by atoms with Crippen molar-refractivity contribution in [2.24, 2.45) is 4.99 Å². The van der Waals surface area contributed by atoms with Crippen LogP contribution in [0.25, 0.3) is 0 Å². The number of ether oxygens (including phenoxy) is 1. The highest BCUT2D eigenvalue weighted by atomic mass is 32.2. The Labute approximate surface area is 168 Å². The number of carbonyl (C=O) groups is 1. The Morgan fingerprint density at radius 2 is 1.86 bits per heavy atom. The van der Waals surface area contributed by atoms with E-state index in [2.05, 4.69) is 4.99 Å². The molecule has 2 fully saturated rings.